The van der Waals surface area contributed by atoms with Crippen molar-refractivity contribution in [1.29, 1.82) is 0 Å². The first-order valence-electron chi connectivity index (χ1n) is 6.53. The van der Waals surface area contributed by atoms with E-state index in [1.165, 1.54) is 0 Å². The van der Waals surface area contributed by atoms with Crippen molar-refractivity contribution in [2.75, 3.05) is 7.11 Å². The molecule has 20 heavy (non-hydrogen) atoms. The molecule has 104 valence electrons. The van der Waals surface area contributed by atoms with Crippen LogP contribution in [0.2, 0.25) is 0 Å². The molecule has 1 unspecified atom stereocenters. The number of para-hydroxylation sites is 1. The van der Waals surface area contributed by atoms with Gasteiger partial charge in [0.25, 0.3) is 0 Å². The van der Waals surface area contributed by atoms with E-state index < -0.39 is 0 Å². The Morgan fingerprint density at radius 2 is 2.00 bits per heavy atom. The van der Waals surface area contributed by atoms with Gasteiger partial charge in [-0.15, -0.1) is 0 Å². The van der Waals surface area contributed by atoms with Crippen molar-refractivity contribution in [2.45, 2.75) is 18.6 Å². The van der Waals surface area contributed by atoms with Gasteiger partial charge >= 0.3 is 0 Å². The number of hydrogen-bond acceptors (Lipinski definition) is 3. The minimum absolute atomic E-state index is 0.0360. The van der Waals surface area contributed by atoms with Gasteiger partial charge < -0.3 is 15.2 Å². The smallest absolute Gasteiger partial charge is 0.129 e. The third-order valence-corrected chi connectivity index (χ3v) is 4.09. The molecule has 0 radical (unpaired) electrons. The summed E-state index contributed by atoms with van der Waals surface area (Å²) >= 11 is 3.47. The van der Waals surface area contributed by atoms with E-state index in [9.17, 15) is 0 Å². The number of methoxy groups -OCH3 is 1. The van der Waals surface area contributed by atoms with Crippen LogP contribution >= 0.6 is 15.9 Å². The lowest BCUT2D eigenvalue weighted by Gasteiger charge is -2.31. The molecular formula is C16H16BrNO2. The molecule has 1 heterocycles. The molecule has 4 heteroatoms. The number of hydrogen-bond donors (Lipinski definition) is 1. The number of nitrogens with two attached hydrogens (primary N) is 1. The van der Waals surface area contributed by atoms with Crippen LogP contribution in [0.3, 0.4) is 0 Å². The summed E-state index contributed by atoms with van der Waals surface area (Å²) in [6.07, 6.45) is 0.666. The fraction of sp³-hybridized carbons (Fsp3) is 0.250. The van der Waals surface area contributed by atoms with Gasteiger partial charge in [-0.05, 0) is 24.3 Å². The number of fused-ring (bicyclic) bond motifs is 1. The summed E-state index contributed by atoms with van der Waals surface area (Å²) in [5, 5.41) is 0. The van der Waals surface area contributed by atoms with E-state index in [1.54, 1.807) is 7.11 Å². The summed E-state index contributed by atoms with van der Waals surface area (Å²) in [5.41, 5.74) is 8.38. The summed E-state index contributed by atoms with van der Waals surface area (Å²) in [6, 6.07) is 13.8. The molecule has 0 amide bonds. The van der Waals surface area contributed by atoms with Crippen molar-refractivity contribution in [3.05, 3.63) is 58.1 Å². The van der Waals surface area contributed by atoms with Gasteiger partial charge in [0.1, 0.15) is 17.6 Å². The van der Waals surface area contributed by atoms with E-state index in [-0.39, 0.29) is 12.1 Å². The predicted molar refractivity (Wildman–Crippen MR) is 82.1 cm³/mol. The third kappa shape index (κ3) is 2.41. The average Bonchev–Trinajstić information content (AvgIpc) is 2.47. The third-order valence-electron chi connectivity index (χ3n) is 3.59. The lowest BCUT2D eigenvalue weighted by Crippen LogP contribution is -2.24. The highest BCUT2D eigenvalue weighted by Gasteiger charge is 2.28. The van der Waals surface area contributed by atoms with Gasteiger partial charge in [0, 0.05) is 28.1 Å². The fourth-order valence-corrected chi connectivity index (χ4v) is 2.98. The fourth-order valence-electron chi connectivity index (χ4n) is 2.60. The Bertz CT molecular complexity index is 630. The largest absolute Gasteiger partial charge is 0.496 e. The van der Waals surface area contributed by atoms with E-state index in [2.05, 4.69) is 15.9 Å². The molecule has 3 nitrogen and oxygen atoms in total. The molecule has 0 fully saturated rings. The zero-order valence-corrected chi connectivity index (χ0v) is 12.8. The Kier molecular flexibility index (Phi) is 3.68. The first-order valence-corrected chi connectivity index (χ1v) is 7.33. The maximum atomic E-state index is 6.29. The molecule has 0 saturated heterocycles. The zero-order valence-electron chi connectivity index (χ0n) is 11.2. The molecule has 0 bridgehead atoms. The van der Waals surface area contributed by atoms with Crippen molar-refractivity contribution in [2.24, 2.45) is 5.73 Å². The molecule has 0 spiro atoms. The Balaban J connectivity index is 1.97. The van der Waals surface area contributed by atoms with Gasteiger partial charge in [-0.25, -0.2) is 0 Å². The SMILES string of the molecule is COc1ccccc1C1C[C@H](N)c2cc(Br)ccc2O1. The molecule has 0 saturated carbocycles. The topological polar surface area (TPSA) is 44.5 Å². The Labute approximate surface area is 126 Å². The number of ether oxygens (including phenoxy) is 2. The van der Waals surface area contributed by atoms with Crippen molar-refractivity contribution < 1.29 is 9.47 Å². The van der Waals surface area contributed by atoms with Gasteiger partial charge in [-0.3, -0.25) is 0 Å². The predicted octanol–water partition coefficient (Wildman–Crippen LogP) is 3.98. The van der Waals surface area contributed by atoms with Crippen molar-refractivity contribution in [1.82, 2.24) is 0 Å². The van der Waals surface area contributed by atoms with Gasteiger partial charge in [-0.1, -0.05) is 34.1 Å². The van der Waals surface area contributed by atoms with Gasteiger partial charge in [0.15, 0.2) is 0 Å². The molecule has 0 aliphatic carbocycles. The second kappa shape index (κ2) is 5.46. The van der Waals surface area contributed by atoms with Crippen LogP contribution in [-0.4, -0.2) is 7.11 Å². The van der Waals surface area contributed by atoms with Crippen LogP contribution in [0.4, 0.5) is 0 Å². The standard InChI is InChI=1S/C16H16BrNO2/c1-19-14-5-3-2-4-11(14)16-9-13(18)12-8-10(17)6-7-15(12)20-16/h2-8,13,16H,9,18H2,1H3/t13-,16?/m0/s1. The molecule has 0 aromatic heterocycles. The number of halogens is 1. The summed E-state index contributed by atoms with van der Waals surface area (Å²) in [7, 11) is 1.67. The average molecular weight is 334 g/mol. The first kappa shape index (κ1) is 13.5. The maximum Gasteiger partial charge on any atom is 0.129 e. The van der Waals surface area contributed by atoms with Crippen LogP contribution in [0.15, 0.2) is 46.9 Å². The lowest BCUT2D eigenvalue weighted by atomic mass is 9.93. The molecule has 2 aromatic carbocycles. The quantitative estimate of drug-likeness (QED) is 0.903. The van der Waals surface area contributed by atoms with Crippen LogP contribution in [-0.2, 0) is 0 Å². The number of benzene rings is 2. The van der Waals surface area contributed by atoms with Crippen LogP contribution in [0.25, 0.3) is 0 Å². The van der Waals surface area contributed by atoms with Gasteiger partial charge in [-0.2, -0.15) is 0 Å². The Hall–Kier alpha value is -1.52. The second-order valence-electron chi connectivity index (χ2n) is 4.87. The van der Waals surface area contributed by atoms with Gasteiger partial charge in [0.05, 0.1) is 7.11 Å². The first-order chi connectivity index (χ1) is 9.69. The van der Waals surface area contributed by atoms with Crippen LogP contribution in [0, 0.1) is 0 Å². The minimum Gasteiger partial charge on any atom is -0.496 e. The summed E-state index contributed by atoms with van der Waals surface area (Å²) in [6.45, 7) is 0. The minimum atomic E-state index is -0.0742. The van der Waals surface area contributed by atoms with E-state index in [1.807, 2.05) is 42.5 Å². The molecule has 2 N–H and O–H groups in total. The normalized spacial score (nSPS) is 20.9. The monoisotopic (exact) mass is 333 g/mol. The molecule has 2 aromatic rings. The van der Waals surface area contributed by atoms with Crippen molar-refractivity contribution >= 4 is 15.9 Å². The molecule has 2 atom stereocenters. The highest BCUT2D eigenvalue weighted by molar-refractivity contribution is 9.10. The molecule has 1 aliphatic rings. The van der Waals surface area contributed by atoms with Crippen molar-refractivity contribution in [3.63, 3.8) is 0 Å². The number of rotatable bonds is 2. The highest BCUT2D eigenvalue weighted by atomic mass is 79.9. The summed E-state index contributed by atoms with van der Waals surface area (Å²) in [5.74, 6) is 1.69. The molecular weight excluding hydrogens is 318 g/mol. The van der Waals surface area contributed by atoms with E-state index in [0.29, 0.717) is 0 Å². The zero-order chi connectivity index (χ0) is 14.1. The van der Waals surface area contributed by atoms with E-state index in [0.717, 1.165) is 33.5 Å². The summed E-state index contributed by atoms with van der Waals surface area (Å²) < 4.78 is 12.5. The Morgan fingerprint density at radius 3 is 2.80 bits per heavy atom. The van der Waals surface area contributed by atoms with Crippen LogP contribution in [0.1, 0.15) is 29.7 Å². The van der Waals surface area contributed by atoms with Gasteiger partial charge in [0.2, 0.25) is 0 Å². The highest BCUT2D eigenvalue weighted by Crippen LogP contribution is 2.42. The Morgan fingerprint density at radius 1 is 1.20 bits per heavy atom. The second-order valence-corrected chi connectivity index (χ2v) is 5.79. The maximum absolute atomic E-state index is 6.29. The van der Waals surface area contributed by atoms with E-state index in [4.69, 9.17) is 15.2 Å². The van der Waals surface area contributed by atoms with Crippen molar-refractivity contribution in [3.8, 4) is 11.5 Å². The lowest BCUT2D eigenvalue weighted by molar-refractivity contribution is 0.158. The van der Waals surface area contributed by atoms with E-state index >= 15 is 0 Å². The molecule has 1 aliphatic heterocycles. The summed E-state index contributed by atoms with van der Waals surface area (Å²) in [4.78, 5) is 0. The van der Waals surface area contributed by atoms with Crippen LogP contribution in [0.5, 0.6) is 11.5 Å². The molecule has 3 rings (SSSR count). The van der Waals surface area contributed by atoms with Crippen LogP contribution < -0.4 is 15.2 Å².